The lowest BCUT2D eigenvalue weighted by Crippen LogP contribution is -2.34. The maximum Gasteiger partial charge on any atom is 0.339 e. The van der Waals surface area contributed by atoms with Crippen LogP contribution >= 0.6 is 0 Å². The maximum absolute atomic E-state index is 12.1. The zero-order valence-corrected chi connectivity index (χ0v) is 13.4. The molecule has 0 fully saturated rings. The predicted molar refractivity (Wildman–Crippen MR) is 87.0 cm³/mol. The molecule has 7 nitrogen and oxygen atoms in total. The minimum atomic E-state index is -0.872. The van der Waals surface area contributed by atoms with Crippen molar-refractivity contribution >= 4 is 23.8 Å². The van der Waals surface area contributed by atoms with Crippen molar-refractivity contribution in [3.63, 3.8) is 0 Å². The lowest BCUT2D eigenvalue weighted by Gasteiger charge is -2.08. The van der Waals surface area contributed by atoms with E-state index >= 15 is 0 Å². The van der Waals surface area contributed by atoms with E-state index in [4.69, 9.17) is 4.74 Å². The van der Waals surface area contributed by atoms with E-state index in [1.165, 1.54) is 19.2 Å². The molecule has 1 N–H and O–H groups in total. The lowest BCUT2D eigenvalue weighted by atomic mass is 10.1. The molecule has 0 unspecified atom stereocenters. The molecule has 0 atom stereocenters. The van der Waals surface area contributed by atoms with Crippen LogP contribution in [0.5, 0.6) is 0 Å². The van der Waals surface area contributed by atoms with Gasteiger partial charge in [-0.25, -0.2) is 9.59 Å². The number of benzene rings is 2. The van der Waals surface area contributed by atoms with Gasteiger partial charge in [-0.1, -0.05) is 30.3 Å². The summed E-state index contributed by atoms with van der Waals surface area (Å²) in [6.07, 6.45) is 0. The van der Waals surface area contributed by atoms with Gasteiger partial charge in [0.05, 0.1) is 18.2 Å². The average molecular weight is 341 g/mol. The number of hydrogen-bond donors (Lipinski definition) is 1. The smallest absolute Gasteiger partial charge is 0.339 e. The van der Waals surface area contributed by atoms with Crippen molar-refractivity contribution in [2.24, 2.45) is 0 Å². The van der Waals surface area contributed by atoms with Crippen LogP contribution in [0.1, 0.15) is 31.1 Å². The number of carbonyl (C=O) groups is 4. The number of ether oxygens (including phenoxy) is 2. The quantitative estimate of drug-likeness (QED) is 0.829. The Labute approximate surface area is 143 Å². The van der Waals surface area contributed by atoms with Gasteiger partial charge in [0.15, 0.2) is 6.61 Å². The first-order chi connectivity index (χ1) is 12.0. The minimum absolute atomic E-state index is 0.0239. The van der Waals surface area contributed by atoms with Crippen LogP contribution in [-0.4, -0.2) is 37.5 Å². The molecule has 2 aromatic rings. The van der Waals surface area contributed by atoms with Crippen molar-refractivity contribution in [2.75, 3.05) is 13.7 Å². The van der Waals surface area contributed by atoms with Crippen molar-refractivity contribution in [3.05, 3.63) is 71.3 Å². The number of methoxy groups -OCH3 is 1. The van der Waals surface area contributed by atoms with Crippen LogP contribution < -0.4 is 5.32 Å². The summed E-state index contributed by atoms with van der Waals surface area (Å²) >= 11 is 0. The fourth-order valence-electron chi connectivity index (χ4n) is 1.98. The largest absolute Gasteiger partial charge is 0.465 e. The van der Waals surface area contributed by atoms with Crippen LogP contribution in [-0.2, 0) is 14.3 Å². The average Bonchev–Trinajstić information content (AvgIpc) is 2.66. The molecule has 2 amide bonds. The molecular weight excluding hydrogens is 326 g/mol. The van der Waals surface area contributed by atoms with E-state index in [1.807, 2.05) is 0 Å². The number of hydrogen-bond acceptors (Lipinski definition) is 6. The molecule has 128 valence electrons. The Balaban J connectivity index is 1.95. The summed E-state index contributed by atoms with van der Waals surface area (Å²) < 4.78 is 9.43. The zero-order valence-electron chi connectivity index (χ0n) is 13.4. The summed E-state index contributed by atoms with van der Waals surface area (Å²) in [5.74, 6) is -2.95. The molecule has 2 rings (SSSR count). The van der Waals surface area contributed by atoms with Gasteiger partial charge in [0.25, 0.3) is 11.8 Å². The fraction of sp³-hybridized carbons (Fsp3) is 0.111. The highest BCUT2D eigenvalue weighted by atomic mass is 16.5. The van der Waals surface area contributed by atoms with Crippen molar-refractivity contribution in [3.8, 4) is 0 Å². The van der Waals surface area contributed by atoms with E-state index in [0.29, 0.717) is 5.56 Å². The standard InChI is InChI=1S/C18H15NO6/c1-24-17(22)13-9-5-6-10-14(13)18(23)25-11-15(20)19-16(21)12-7-3-2-4-8-12/h2-10H,11H2,1H3,(H,19,20,21). The molecule has 0 aromatic heterocycles. The molecule has 0 radical (unpaired) electrons. The molecule has 0 spiro atoms. The second kappa shape index (κ2) is 8.39. The lowest BCUT2D eigenvalue weighted by molar-refractivity contribution is -0.123. The topological polar surface area (TPSA) is 98.8 Å². The SMILES string of the molecule is COC(=O)c1ccccc1C(=O)OCC(=O)NC(=O)c1ccccc1. The van der Waals surface area contributed by atoms with Crippen LogP contribution in [0.25, 0.3) is 0 Å². The van der Waals surface area contributed by atoms with E-state index in [-0.39, 0.29) is 11.1 Å². The molecule has 25 heavy (non-hydrogen) atoms. The first-order valence-electron chi connectivity index (χ1n) is 7.26. The summed E-state index contributed by atoms with van der Waals surface area (Å²) in [4.78, 5) is 47.2. The molecule has 0 bridgehead atoms. The number of imide groups is 1. The van der Waals surface area contributed by atoms with Crippen molar-refractivity contribution in [1.29, 1.82) is 0 Å². The third-order valence-electron chi connectivity index (χ3n) is 3.18. The third-order valence-corrected chi connectivity index (χ3v) is 3.18. The normalized spacial score (nSPS) is 9.80. The first kappa shape index (κ1) is 17.9. The van der Waals surface area contributed by atoms with Crippen LogP contribution in [0.4, 0.5) is 0 Å². The molecule has 0 saturated heterocycles. The van der Waals surface area contributed by atoms with Crippen molar-refractivity contribution < 1.29 is 28.7 Å². The molecule has 0 heterocycles. The van der Waals surface area contributed by atoms with E-state index in [1.54, 1.807) is 42.5 Å². The van der Waals surface area contributed by atoms with E-state index in [0.717, 1.165) is 0 Å². The highest BCUT2D eigenvalue weighted by Crippen LogP contribution is 2.11. The maximum atomic E-state index is 12.1. The molecule has 7 heteroatoms. The van der Waals surface area contributed by atoms with Gasteiger partial charge in [-0.2, -0.15) is 0 Å². The van der Waals surface area contributed by atoms with Crippen LogP contribution in [0.15, 0.2) is 54.6 Å². The van der Waals surface area contributed by atoms with E-state index in [9.17, 15) is 19.2 Å². The third kappa shape index (κ3) is 4.74. The summed E-state index contributed by atoms with van der Waals surface area (Å²) in [5.41, 5.74) is 0.297. The summed E-state index contributed by atoms with van der Waals surface area (Å²) in [6, 6.07) is 14.0. The van der Waals surface area contributed by atoms with Gasteiger partial charge in [0.1, 0.15) is 0 Å². The number of nitrogens with one attached hydrogen (secondary N) is 1. The first-order valence-corrected chi connectivity index (χ1v) is 7.26. The molecular formula is C18H15NO6. The molecule has 0 saturated carbocycles. The second-order valence-corrected chi connectivity index (χ2v) is 4.86. The Morgan fingerprint density at radius 3 is 2.00 bits per heavy atom. The Hall–Kier alpha value is -3.48. The van der Waals surface area contributed by atoms with Crippen molar-refractivity contribution in [1.82, 2.24) is 5.32 Å². The van der Waals surface area contributed by atoms with Gasteiger partial charge >= 0.3 is 11.9 Å². The predicted octanol–water partition coefficient (Wildman–Crippen LogP) is 1.59. The molecule has 2 aromatic carbocycles. The Morgan fingerprint density at radius 1 is 0.840 bits per heavy atom. The molecule has 0 aliphatic carbocycles. The van der Waals surface area contributed by atoms with Crippen LogP contribution in [0.3, 0.4) is 0 Å². The summed E-state index contributed by atoms with van der Waals surface area (Å²) in [7, 11) is 1.19. The molecule has 0 aliphatic rings. The van der Waals surface area contributed by atoms with E-state index < -0.39 is 30.4 Å². The van der Waals surface area contributed by atoms with Gasteiger partial charge in [-0.05, 0) is 24.3 Å². The minimum Gasteiger partial charge on any atom is -0.465 e. The van der Waals surface area contributed by atoms with Gasteiger partial charge in [0.2, 0.25) is 0 Å². The number of esters is 2. The Kier molecular flexibility index (Phi) is 6.00. The Bertz CT molecular complexity index is 800. The van der Waals surface area contributed by atoms with Crippen molar-refractivity contribution in [2.45, 2.75) is 0 Å². The fourth-order valence-corrected chi connectivity index (χ4v) is 1.98. The van der Waals surface area contributed by atoms with Gasteiger partial charge in [-0.15, -0.1) is 0 Å². The van der Waals surface area contributed by atoms with Gasteiger partial charge in [0, 0.05) is 5.56 Å². The zero-order chi connectivity index (χ0) is 18.2. The van der Waals surface area contributed by atoms with Gasteiger partial charge in [-0.3, -0.25) is 14.9 Å². The number of rotatable bonds is 5. The van der Waals surface area contributed by atoms with Crippen LogP contribution in [0, 0.1) is 0 Å². The van der Waals surface area contributed by atoms with Crippen LogP contribution in [0.2, 0.25) is 0 Å². The molecule has 0 aliphatic heterocycles. The number of amides is 2. The van der Waals surface area contributed by atoms with E-state index in [2.05, 4.69) is 10.1 Å². The monoisotopic (exact) mass is 341 g/mol. The Morgan fingerprint density at radius 2 is 1.40 bits per heavy atom. The number of carbonyl (C=O) groups excluding carboxylic acids is 4. The highest BCUT2D eigenvalue weighted by molar-refractivity contribution is 6.06. The second-order valence-electron chi connectivity index (χ2n) is 4.86. The van der Waals surface area contributed by atoms with Gasteiger partial charge < -0.3 is 9.47 Å². The summed E-state index contributed by atoms with van der Waals surface area (Å²) in [6.45, 7) is -0.660. The summed E-state index contributed by atoms with van der Waals surface area (Å²) in [5, 5.41) is 2.10. The highest BCUT2D eigenvalue weighted by Gasteiger charge is 2.19.